The molecular formula is C43H49F3N10O6. The molecule has 3 aliphatic heterocycles. The molecule has 16 nitrogen and oxygen atoms in total. The molecule has 0 aliphatic carbocycles. The van der Waals surface area contributed by atoms with E-state index in [4.69, 9.17) is 4.74 Å². The number of alkyl carbamates (subject to hydrolysis) is 1. The normalized spacial score (nSPS) is 20.5. The van der Waals surface area contributed by atoms with Gasteiger partial charge in [-0.2, -0.15) is 0 Å². The molecule has 328 valence electrons. The van der Waals surface area contributed by atoms with E-state index in [1.54, 1.807) is 53.8 Å². The van der Waals surface area contributed by atoms with E-state index >= 15 is 0 Å². The number of halogens is 3. The van der Waals surface area contributed by atoms with Crippen LogP contribution < -0.4 is 25.6 Å². The Kier molecular flexibility index (Phi) is 12.7. The van der Waals surface area contributed by atoms with Crippen molar-refractivity contribution in [1.29, 1.82) is 0 Å². The number of aromatic amines is 1. The van der Waals surface area contributed by atoms with E-state index < -0.39 is 30.2 Å². The van der Waals surface area contributed by atoms with Gasteiger partial charge in [0.2, 0.25) is 11.8 Å². The van der Waals surface area contributed by atoms with Crippen LogP contribution in [0.25, 0.3) is 22.4 Å². The van der Waals surface area contributed by atoms with Crippen LogP contribution in [-0.2, 0) is 14.3 Å². The zero-order chi connectivity index (χ0) is 44.3. The Bertz CT molecular complexity index is 2290. The third-order valence-electron chi connectivity index (χ3n) is 11.3. The summed E-state index contributed by atoms with van der Waals surface area (Å²) in [5.41, 5.74) is 2.17. The molecule has 2 saturated heterocycles. The van der Waals surface area contributed by atoms with Crippen LogP contribution in [0.1, 0.15) is 62.8 Å². The lowest BCUT2D eigenvalue weighted by Crippen LogP contribution is -2.61. The van der Waals surface area contributed by atoms with Crippen LogP contribution in [0.15, 0.2) is 72.0 Å². The van der Waals surface area contributed by atoms with Gasteiger partial charge in [0.1, 0.15) is 29.5 Å². The highest BCUT2D eigenvalue weighted by atomic mass is 19.4. The minimum atomic E-state index is -5.02. The Hall–Kier alpha value is -6.66. The van der Waals surface area contributed by atoms with E-state index in [-0.39, 0.29) is 58.7 Å². The molecule has 62 heavy (non-hydrogen) atoms. The molecule has 4 aromatic rings. The number of pyridine rings is 1. The molecule has 1 unspecified atom stereocenters. The van der Waals surface area contributed by atoms with Crippen LogP contribution in [0.5, 0.6) is 5.75 Å². The maximum absolute atomic E-state index is 13.7. The summed E-state index contributed by atoms with van der Waals surface area (Å²) in [6.45, 7) is 9.56. The van der Waals surface area contributed by atoms with Crippen molar-refractivity contribution >= 4 is 41.7 Å². The van der Waals surface area contributed by atoms with E-state index in [1.807, 2.05) is 32.6 Å². The van der Waals surface area contributed by atoms with Gasteiger partial charge >= 0.3 is 12.5 Å². The maximum atomic E-state index is 13.7. The minimum Gasteiger partial charge on any atom is -0.453 e. The summed E-state index contributed by atoms with van der Waals surface area (Å²) in [4.78, 5) is 73.9. The SMILES string of the molecule is COC(=O)N[C@H](C(=O)N1CCC[C@H]1c1ncc(-c2ccc(-c3ccc(NC(=O)c4ccc(N5C[C@H](C)N(C(=O)C6CN=CN6)C[C@H]5C)nc4)cc3OC(F)(F)F)cc2)[nH]1)C(C)C. The second-order valence-corrected chi connectivity index (χ2v) is 16.0. The van der Waals surface area contributed by atoms with Gasteiger partial charge in [-0.05, 0) is 68.0 Å². The summed E-state index contributed by atoms with van der Waals surface area (Å²) in [5, 5.41) is 8.28. The quantitative estimate of drug-likeness (QED) is 0.145. The van der Waals surface area contributed by atoms with Crippen molar-refractivity contribution in [3.8, 4) is 28.1 Å². The van der Waals surface area contributed by atoms with Gasteiger partial charge in [-0.3, -0.25) is 19.4 Å². The monoisotopic (exact) mass is 858 g/mol. The van der Waals surface area contributed by atoms with Gasteiger partial charge in [0.25, 0.3) is 5.91 Å². The number of benzene rings is 2. The number of imidazole rings is 1. The standard InChI is InChI=1S/C43H49F3N10O6/c1-24(2)37(53-42(60)61-5)41(59)54-16-6-7-34(54)38-49-20-32(52-38)28-10-8-27(9-11-28)31-14-13-30(17-35(31)62-43(44,45)46)51-39(57)29-12-15-36(48-18-29)55-21-26(4)56(22-25(55)3)40(58)33-19-47-23-50-33/h8-15,17-18,20,23-26,33-34,37H,6-7,16,19,21-22H2,1-5H3,(H,47,50)(H,49,52)(H,51,57)(H,53,60)/t25-,26+,33?,34+,37+/m1/s1. The van der Waals surface area contributed by atoms with E-state index in [0.717, 1.165) is 12.5 Å². The number of methoxy groups -OCH3 is 1. The Labute approximate surface area is 356 Å². The van der Waals surface area contributed by atoms with Gasteiger partial charge in [0.05, 0.1) is 43.5 Å². The third-order valence-corrected chi connectivity index (χ3v) is 11.3. The Balaban J connectivity index is 1.02. The number of nitrogens with one attached hydrogen (secondary N) is 4. The number of aliphatic imine (C=N–C) groups is 1. The van der Waals surface area contributed by atoms with Crippen molar-refractivity contribution in [2.24, 2.45) is 10.9 Å². The van der Waals surface area contributed by atoms with Gasteiger partial charge in [0.15, 0.2) is 0 Å². The number of H-pyrrole nitrogens is 1. The van der Waals surface area contributed by atoms with Crippen molar-refractivity contribution < 1.29 is 41.8 Å². The summed E-state index contributed by atoms with van der Waals surface area (Å²) in [7, 11) is 1.24. The first-order valence-corrected chi connectivity index (χ1v) is 20.4. The molecule has 4 amide bonds. The summed E-state index contributed by atoms with van der Waals surface area (Å²) < 4.78 is 50.3. The second kappa shape index (κ2) is 18.1. The maximum Gasteiger partial charge on any atom is 0.573 e. The van der Waals surface area contributed by atoms with Gasteiger partial charge in [-0.25, -0.2) is 14.8 Å². The Morgan fingerprint density at radius 3 is 2.34 bits per heavy atom. The lowest BCUT2D eigenvalue weighted by atomic mass is 10.0. The molecule has 0 saturated carbocycles. The number of ether oxygens (including phenoxy) is 2. The van der Waals surface area contributed by atoms with Crippen LogP contribution >= 0.6 is 0 Å². The summed E-state index contributed by atoms with van der Waals surface area (Å²) in [6.07, 6.45) is 0.296. The van der Waals surface area contributed by atoms with E-state index in [9.17, 15) is 32.3 Å². The van der Waals surface area contributed by atoms with E-state index in [2.05, 4.69) is 45.5 Å². The minimum absolute atomic E-state index is 0.00562. The second-order valence-electron chi connectivity index (χ2n) is 16.0. The van der Waals surface area contributed by atoms with Crippen LogP contribution in [-0.4, -0.2) is 119 Å². The highest BCUT2D eigenvalue weighted by Crippen LogP contribution is 2.38. The first-order chi connectivity index (χ1) is 29.6. The van der Waals surface area contributed by atoms with Crippen LogP contribution in [0, 0.1) is 5.92 Å². The molecule has 19 heteroatoms. The molecule has 2 aromatic heterocycles. The van der Waals surface area contributed by atoms with Crippen LogP contribution in [0.4, 0.5) is 29.5 Å². The average molecular weight is 859 g/mol. The number of anilines is 2. The first kappa shape index (κ1) is 43.4. The molecule has 2 aromatic carbocycles. The number of nitrogens with zero attached hydrogens (tertiary/aromatic N) is 6. The van der Waals surface area contributed by atoms with E-state index in [0.29, 0.717) is 61.1 Å². The number of carbonyl (C=O) groups excluding carboxylic acids is 4. The fraction of sp³-hybridized carbons (Fsp3) is 0.419. The number of rotatable bonds is 11. The van der Waals surface area contributed by atoms with Gasteiger partial charge < -0.3 is 45.1 Å². The molecule has 4 N–H and O–H groups in total. The fourth-order valence-corrected chi connectivity index (χ4v) is 8.07. The van der Waals surface area contributed by atoms with Gasteiger partial charge in [-0.1, -0.05) is 38.1 Å². The summed E-state index contributed by atoms with van der Waals surface area (Å²) in [5.74, 6) is -0.323. The molecule has 5 heterocycles. The van der Waals surface area contributed by atoms with Crippen molar-refractivity contribution in [2.75, 3.05) is 43.5 Å². The van der Waals surface area contributed by atoms with Crippen LogP contribution in [0.3, 0.4) is 0 Å². The smallest absolute Gasteiger partial charge is 0.453 e. The highest BCUT2D eigenvalue weighted by molar-refractivity contribution is 6.04. The number of likely N-dealkylation sites (tertiary alicyclic amines) is 1. The van der Waals surface area contributed by atoms with Gasteiger partial charge in [-0.15, -0.1) is 13.2 Å². The molecule has 7 rings (SSSR count). The molecule has 2 fully saturated rings. The van der Waals surface area contributed by atoms with Crippen LogP contribution in [0.2, 0.25) is 0 Å². The molecule has 5 atom stereocenters. The largest absolute Gasteiger partial charge is 0.573 e. The summed E-state index contributed by atoms with van der Waals surface area (Å²) in [6, 6.07) is 12.5. The Morgan fingerprint density at radius 2 is 1.68 bits per heavy atom. The first-order valence-electron chi connectivity index (χ1n) is 20.4. The number of hydrogen-bond donors (Lipinski definition) is 4. The zero-order valence-corrected chi connectivity index (χ0v) is 34.9. The predicted octanol–water partition coefficient (Wildman–Crippen LogP) is 5.76. The zero-order valence-electron chi connectivity index (χ0n) is 34.9. The lowest BCUT2D eigenvalue weighted by Gasteiger charge is -2.45. The number of aromatic nitrogens is 3. The van der Waals surface area contributed by atoms with Crippen molar-refractivity contribution in [3.05, 3.63) is 78.4 Å². The lowest BCUT2D eigenvalue weighted by molar-refractivity contribution is -0.274. The van der Waals surface area contributed by atoms with Crippen molar-refractivity contribution in [1.82, 2.24) is 35.4 Å². The van der Waals surface area contributed by atoms with Crippen molar-refractivity contribution in [2.45, 2.75) is 77.1 Å². The molecule has 0 bridgehead atoms. The van der Waals surface area contributed by atoms with E-state index in [1.165, 1.54) is 25.4 Å². The number of hydrogen-bond acceptors (Lipinski definition) is 11. The number of alkyl halides is 3. The van der Waals surface area contributed by atoms with Crippen molar-refractivity contribution in [3.63, 3.8) is 0 Å². The molecule has 3 aliphatic rings. The third kappa shape index (κ3) is 9.61. The topological polar surface area (TPSA) is 186 Å². The predicted molar refractivity (Wildman–Crippen MR) is 224 cm³/mol. The number of amides is 4. The molecule has 0 spiro atoms. The number of carbonyl (C=O) groups is 4. The summed E-state index contributed by atoms with van der Waals surface area (Å²) >= 11 is 0. The number of piperazine rings is 1. The molecule has 0 radical (unpaired) electrons. The highest BCUT2D eigenvalue weighted by Gasteiger charge is 2.39. The van der Waals surface area contributed by atoms with Gasteiger partial charge in [0, 0.05) is 55.2 Å². The fourth-order valence-electron chi connectivity index (χ4n) is 8.07. The Morgan fingerprint density at radius 1 is 0.919 bits per heavy atom. The average Bonchev–Trinajstić information content (AvgIpc) is 4.06. The molecular weight excluding hydrogens is 810 g/mol.